The number of benzene rings is 2. The van der Waals surface area contributed by atoms with Crippen LogP contribution in [0.15, 0.2) is 42.5 Å². The second kappa shape index (κ2) is 9.00. The molecule has 0 aliphatic carbocycles. The van der Waals surface area contributed by atoms with Crippen LogP contribution in [-0.4, -0.2) is 38.6 Å². The molecule has 0 fully saturated rings. The number of ketones is 1. The minimum absolute atomic E-state index is 0.0382. The molecule has 1 aromatic heterocycles. The van der Waals surface area contributed by atoms with Gasteiger partial charge in [0.05, 0.1) is 31.2 Å². The summed E-state index contributed by atoms with van der Waals surface area (Å²) in [5.41, 5.74) is 1.70. The molecule has 2 aromatic carbocycles. The Morgan fingerprint density at radius 3 is 2.66 bits per heavy atom. The Balaban J connectivity index is 1.50. The number of amides is 1. The number of Topliss-reactive ketones (excluding diaryl/α,β-unsaturated/α-hetero) is 1. The third kappa shape index (κ3) is 4.31. The normalized spacial score (nSPS) is 14.4. The van der Waals surface area contributed by atoms with Crippen LogP contribution in [0.3, 0.4) is 0 Å². The van der Waals surface area contributed by atoms with Crippen LogP contribution in [0.2, 0.25) is 0 Å². The maximum Gasteiger partial charge on any atom is 0.255 e. The lowest BCUT2D eigenvalue weighted by atomic mass is 10.0. The first-order valence-electron chi connectivity index (χ1n) is 10.00. The van der Waals surface area contributed by atoms with Crippen molar-refractivity contribution in [3.63, 3.8) is 0 Å². The van der Waals surface area contributed by atoms with Crippen molar-refractivity contribution in [3.8, 4) is 27.7 Å². The van der Waals surface area contributed by atoms with Crippen LogP contribution >= 0.6 is 11.3 Å². The van der Waals surface area contributed by atoms with Gasteiger partial charge in [-0.25, -0.2) is 4.39 Å². The summed E-state index contributed by atoms with van der Waals surface area (Å²) < 4.78 is 30.8. The lowest BCUT2D eigenvalue weighted by Crippen LogP contribution is -2.34. The average Bonchev–Trinajstić information content (AvgIpc) is 3.43. The SMILES string of the molecule is COc1ccc(OC)c(C(=O)NC[C@@H]2Cc3cc(F)cc(-c4ccc(C(C)=O)s4)c3O2)c1. The molecule has 6 nitrogen and oxygen atoms in total. The first-order valence-corrected chi connectivity index (χ1v) is 10.8. The molecule has 166 valence electrons. The Morgan fingerprint density at radius 2 is 1.97 bits per heavy atom. The molecular formula is C24H22FNO5S. The molecule has 1 amide bonds. The fraction of sp³-hybridized carbons (Fsp3) is 0.250. The van der Waals surface area contributed by atoms with Gasteiger partial charge in [-0.05, 0) is 49.4 Å². The lowest BCUT2D eigenvalue weighted by molar-refractivity contribution is 0.0929. The van der Waals surface area contributed by atoms with Crippen molar-refractivity contribution >= 4 is 23.0 Å². The van der Waals surface area contributed by atoms with Crippen LogP contribution in [-0.2, 0) is 6.42 Å². The van der Waals surface area contributed by atoms with Gasteiger partial charge in [0.25, 0.3) is 5.91 Å². The van der Waals surface area contributed by atoms with Gasteiger partial charge < -0.3 is 19.5 Å². The highest BCUT2D eigenvalue weighted by atomic mass is 32.1. The summed E-state index contributed by atoms with van der Waals surface area (Å²) in [5.74, 6) is 0.830. The van der Waals surface area contributed by atoms with Crippen LogP contribution in [0, 0.1) is 5.82 Å². The molecule has 32 heavy (non-hydrogen) atoms. The standard InChI is InChI=1S/C24H22FNO5S/c1-13(27)21-6-7-22(32-21)19-10-15(25)8-14-9-17(31-23(14)19)12-26-24(28)18-11-16(29-2)4-5-20(18)30-3/h4-8,10-11,17H,9,12H2,1-3H3,(H,26,28)/t17-/m0/s1. The molecule has 2 heterocycles. The van der Waals surface area contributed by atoms with Gasteiger partial charge >= 0.3 is 0 Å². The second-order valence-corrected chi connectivity index (χ2v) is 8.47. The summed E-state index contributed by atoms with van der Waals surface area (Å²) >= 11 is 1.30. The minimum atomic E-state index is -0.370. The lowest BCUT2D eigenvalue weighted by Gasteiger charge is -2.15. The van der Waals surface area contributed by atoms with E-state index < -0.39 is 0 Å². The van der Waals surface area contributed by atoms with Gasteiger partial charge in [-0.2, -0.15) is 0 Å². The number of halogens is 1. The van der Waals surface area contributed by atoms with Gasteiger partial charge in [0, 0.05) is 22.4 Å². The zero-order chi connectivity index (χ0) is 22.8. The van der Waals surface area contributed by atoms with Gasteiger partial charge in [0.1, 0.15) is 29.2 Å². The van der Waals surface area contributed by atoms with E-state index in [1.165, 1.54) is 44.6 Å². The van der Waals surface area contributed by atoms with Crippen LogP contribution in [0.4, 0.5) is 4.39 Å². The Bertz CT molecular complexity index is 1190. The number of ether oxygens (including phenoxy) is 3. The van der Waals surface area contributed by atoms with Crippen molar-refractivity contribution in [1.82, 2.24) is 5.32 Å². The van der Waals surface area contributed by atoms with Crippen LogP contribution in [0.1, 0.15) is 32.5 Å². The Labute approximate surface area is 188 Å². The third-order valence-electron chi connectivity index (χ3n) is 5.22. The molecule has 0 bridgehead atoms. The summed E-state index contributed by atoms with van der Waals surface area (Å²) in [6.45, 7) is 1.73. The van der Waals surface area contributed by atoms with Crippen LogP contribution < -0.4 is 19.5 Å². The van der Waals surface area contributed by atoms with Crippen molar-refractivity contribution in [2.24, 2.45) is 0 Å². The van der Waals surface area contributed by atoms with E-state index in [-0.39, 0.29) is 30.2 Å². The summed E-state index contributed by atoms with van der Waals surface area (Å²) in [7, 11) is 3.02. The maximum atomic E-state index is 14.3. The van der Waals surface area contributed by atoms with Crippen molar-refractivity contribution < 1.29 is 28.2 Å². The summed E-state index contributed by atoms with van der Waals surface area (Å²) in [6, 6.07) is 11.4. The number of fused-ring (bicyclic) bond motifs is 1. The fourth-order valence-corrected chi connectivity index (χ4v) is 4.57. The molecule has 0 unspecified atom stereocenters. The molecule has 0 saturated heterocycles. The summed E-state index contributed by atoms with van der Waals surface area (Å²) in [5, 5.41) is 2.86. The molecule has 0 radical (unpaired) electrons. The number of rotatable bonds is 7. The number of hydrogen-bond acceptors (Lipinski definition) is 6. The van der Waals surface area contributed by atoms with Crippen LogP contribution in [0.25, 0.3) is 10.4 Å². The molecule has 3 aromatic rings. The average molecular weight is 456 g/mol. The highest BCUT2D eigenvalue weighted by molar-refractivity contribution is 7.17. The van der Waals surface area contributed by atoms with Crippen molar-refractivity contribution in [3.05, 3.63) is 64.3 Å². The predicted octanol–water partition coefficient (Wildman–Crippen LogP) is 4.51. The number of hydrogen-bond donors (Lipinski definition) is 1. The second-order valence-electron chi connectivity index (χ2n) is 7.38. The number of carbonyl (C=O) groups excluding carboxylic acids is 2. The Kier molecular flexibility index (Phi) is 6.14. The van der Waals surface area contributed by atoms with E-state index >= 15 is 0 Å². The molecule has 4 rings (SSSR count). The largest absolute Gasteiger partial charge is 0.497 e. The van der Waals surface area contributed by atoms with E-state index in [0.717, 1.165) is 10.4 Å². The first kappa shape index (κ1) is 21.8. The molecule has 0 spiro atoms. The van der Waals surface area contributed by atoms with Crippen molar-refractivity contribution in [1.29, 1.82) is 0 Å². The number of nitrogens with one attached hydrogen (secondary N) is 1. The quantitative estimate of drug-likeness (QED) is 0.531. The van der Waals surface area contributed by atoms with E-state index in [2.05, 4.69) is 5.32 Å². The smallest absolute Gasteiger partial charge is 0.255 e. The summed E-state index contributed by atoms with van der Waals surface area (Å²) in [6.07, 6.45) is 0.110. The molecule has 1 aliphatic heterocycles. The number of thiophene rings is 1. The molecular weight excluding hydrogens is 433 g/mol. The first-order chi connectivity index (χ1) is 15.4. The minimum Gasteiger partial charge on any atom is -0.497 e. The zero-order valence-electron chi connectivity index (χ0n) is 17.9. The predicted molar refractivity (Wildman–Crippen MR) is 120 cm³/mol. The van der Waals surface area contributed by atoms with E-state index in [1.54, 1.807) is 30.3 Å². The van der Waals surface area contributed by atoms with Gasteiger partial charge in [0.2, 0.25) is 0 Å². The van der Waals surface area contributed by atoms with Gasteiger partial charge in [-0.15, -0.1) is 11.3 Å². The monoisotopic (exact) mass is 455 g/mol. The maximum absolute atomic E-state index is 14.3. The Morgan fingerprint density at radius 1 is 1.16 bits per heavy atom. The van der Waals surface area contributed by atoms with E-state index in [1.807, 2.05) is 0 Å². The Hall–Kier alpha value is -3.39. The summed E-state index contributed by atoms with van der Waals surface area (Å²) in [4.78, 5) is 25.7. The van der Waals surface area contributed by atoms with Gasteiger partial charge in [0.15, 0.2) is 5.78 Å². The molecule has 0 saturated carbocycles. The topological polar surface area (TPSA) is 73.9 Å². The van der Waals surface area contributed by atoms with Crippen LogP contribution in [0.5, 0.6) is 17.2 Å². The highest BCUT2D eigenvalue weighted by Gasteiger charge is 2.28. The number of methoxy groups -OCH3 is 2. The van der Waals surface area contributed by atoms with Gasteiger partial charge in [-0.3, -0.25) is 9.59 Å². The third-order valence-corrected chi connectivity index (χ3v) is 6.44. The van der Waals surface area contributed by atoms with Crippen molar-refractivity contribution in [2.45, 2.75) is 19.4 Å². The van der Waals surface area contributed by atoms with E-state index in [0.29, 0.717) is 39.7 Å². The highest BCUT2D eigenvalue weighted by Crippen LogP contribution is 2.42. The molecule has 1 atom stereocenters. The fourth-order valence-electron chi connectivity index (χ4n) is 3.66. The number of carbonyl (C=O) groups is 2. The van der Waals surface area contributed by atoms with E-state index in [4.69, 9.17) is 14.2 Å². The molecule has 8 heteroatoms. The van der Waals surface area contributed by atoms with Gasteiger partial charge in [-0.1, -0.05) is 0 Å². The molecule has 1 aliphatic rings. The van der Waals surface area contributed by atoms with E-state index in [9.17, 15) is 14.0 Å². The zero-order valence-corrected chi connectivity index (χ0v) is 18.7. The van der Waals surface area contributed by atoms with Crippen molar-refractivity contribution in [2.75, 3.05) is 20.8 Å². The molecule has 1 N–H and O–H groups in total.